The lowest BCUT2D eigenvalue weighted by Crippen LogP contribution is -2.02. The summed E-state index contributed by atoms with van der Waals surface area (Å²) in [6.45, 7) is 2.04. The lowest BCUT2D eigenvalue weighted by atomic mass is 10.0. The first-order chi connectivity index (χ1) is 8.15. The zero-order valence-corrected chi connectivity index (χ0v) is 10.1. The second kappa shape index (κ2) is 5.21. The number of hydrogen-bond acceptors (Lipinski definition) is 2. The van der Waals surface area contributed by atoms with E-state index in [0.717, 1.165) is 30.6 Å². The van der Waals surface area contributed by atoms with Crippen molar-refractivity contribution < 1.29 is 14.6 Å². The van der Waals surface area contributed by atoms with Crippen molar-refractivity contribution in [1.82, 2.24) is 0 Å². The maximum atomic E-state index is 10.5. The van der Waals surface area contributed by atoms with Gasteiger partial charge in [-0.3, -0.25) is 4.79 Å². The van der Waals surface area contributed by atoms with E-state index in [1.807, 2.05) is 19.1 Å². The molecular formula is C14H18O3. The number of rotatable bonds is 6. The number of aliphatic carboxylic acids is 1. The van der Waals surface area contributed by atoms with E-state index < -0.39 is 5.97 Å². The fourth-order valence-corrected chi connectivity index (χ4v) is 1.81. The molecule has 0 atom stereocenters. The molecule has 0 aliphatic heterocycles. The van der Waals surface area contributed by atoms with E-state index in [1.54, 1.807) is 0 Å². The molecule has 1 fully saturated rings. The van der Waals surface area contributed by atoms with Gasteiger partial charge in [-0.25, -0.2) is 0 Å². The number of carbonyl (C=O) groups is 1. The first-order valence-corrected chi connectivity index (χ1v) is 6.13. The van der Waals surface area contributed by atoms with Gasteiger partial charge in [0.2, 0.25) is 0 Å². The minimum Gasteiger partial charge on any atom is -0.490 e. The van der Waals surface area contributed by atoms with Gasteiger partial charge in [0.15, 0.2) is 0 Å². The van der Waals surface area contributed by atoms with Crippen molar-refractivity contribution in [2.75, 3.05) is 0 Å². The average Bonchev–Trinajstić information content (AvgIpc) is 3.05. The summed E-state index contributed by atoms with van der Waals surface area (Å²) in [7, 11) is 0. The first-order valence-electron chi connectivity index (χ1n) is 6.13. The highest BCUT2D eigenvalue weighted by atomic mass is 16.5. The Kier molecular flexibility index (Phi) is 3.67. The number of benzene rings is 1. The van der Waals surface area contributed by atoms with Crippen molar-refractivity contribution >= 4 is 5.97 Å². The van der Waals surface area contributed by atoms with Crippen LogP contribution in [0.5, 0.6) is 5.75 Å². The lowest BCUT2D eigenvalue weighted by molar-refractivity contribution is -0.137. The Morgan fingerprint density at radius 2 is 2.24 bits per heavy atom. The average molecular weight is 234 g/mol. The number of carboxylic acid groups (broad SMARTS) is 1. The Morgan fingerprint density at radius 1 is 1.47 bits per heavy atom. The standard InChI is InChI=1S/C14H18O3/c1-10-5-8-13(17-12-6-7-12)11(9-10)3-2-4-14(15)16/h5,8-9,12H,2-4,6-7H2,1H3,(H,15,16). The Bertz CT molecular complexity index is 408. The summed E-state index contributed by atoms with van der Waals surface area (Å²) >= 11 is 0. The molecule has 1 aliphatic carbocycles. The van der Waals surface area contributed by atoms with E-state index >= 15 is 0 Å². The zero-order valence-electron chi connectivity index (χ0n) is 10.1. The minimum absolute atomic E-state index is 0.219. The summed E-state index contributed by atoms with van der Waals surface area (Å²) in [6, 6.07) is 6.14. The third-order valence-electron chi connectivity index (χ3n) is 2.87. The first kappa shape index (κ1) is 12.0. The van der Waals surface area contributed by atoms with Crippen LogP contribution in [0, 0.1) is 6.92 Å². The molecule has 1 aliphatic rings. The van der Waals surface area contributed by atoms with Crippen LogP contribution in [0.2, 0.25) is 0 Å². The van der Waals surface area contributed by atoms with Crippen LogP contribution in [-0.4, -0.2) is 17.2 Å². The molecule has 0 bridgehead atoms. The molecule has 0 amide bonds. The molecule has 2 rings (SSSR count). The molecule has 3 heteroatoms. The van der Waals surface area contributed by atoms with Crippen LogP contribution in [0.3, 0.4) is 0 Å². The molecule has 1 aromatic rings. The zero-order chi connectivity index (χ0) is 12.3. The predicted octanol–water partition coefficient (Wildman–Crippen LogP) is 2.94. The Morgan fingerprint density at radius 3 is 2.88 bits per heavy atom. The van der Waals surface area contributed by atoms with Crippen molar-refractivity contribution in [3.05, 3.63) is 29.3 Å². The summed E-state index contributed by atoms with van der Waals surface area (Å²) in [5.41, 5.74) is 2.33. The second-order valence-corrected chi connectivity index (χ2v) is 4.68. The monoisotopic (exact) mass is 234 g/mol. The number of aryl methyl sites for hydroxylation is 2. The molecule has 0 saturated heterocycles. The molecule has 1 saturated carbocycles. The van der Waals surface area contributed by atoms with Crippen LogP contribution in [0.1, 0.15) is 36.8 Å². The molecule has 92 valence electrons. The maximum absolute atomic E-state index is 10.5. The van der Waals surface area contributed by atoms with Crippen molar-refractivity contribution in [3.8, 4) is 5.75 Å². The van der Waals surface area contributed by atoms with E-state index in [2.05, 4.69) is 6.07 Å². The fraction of sp³-hybridized carbons (Fsp3) is 0.500. The van der Waals surface area contributed by atoms with Gasteiger partial charge in [0, 0.05) is 6.42 Å². The quantitative estimate of drug-likeness (QED) is 0.823. The lowest BCUT2D eigenvalue weighted by Gasteiger charge is -2.11. The summed E-state index contributed by atoms with van der Waals surface area (Å²) in [5, 5.41) is 8.64. The summed E-state index contributed by atoms with van der Waals surface area (Å²) in [6.07, 6.45) is 4.33. The van der Waals surface area contributed by atoms with Crippen molar-refractivity contribution in [2.24, 2.45) is 0 Å². The molecule has 1 N–H and O–H groups in total. The van der Waals surface area contributed by atoms with Crippen LogP contribution in [0.4, 0.5) is 0 Å². The van der Waals surface area contributed by atoms with Gasteiger partial charge in [-0.2, -0.15) is 0 Å². The third kappa shape index (κ3) is 3.77. The normalized spacial score (nSPS) is 14.6. The highest BCUT2D eigenvalue weighted by Gasteiger charge is 2.24. The van der Waals surface area contributed by atoms with Gasteiger partial charge in [0.05, 0.1) is 6.10 Å². The topological polar surface area (TPSA) is 46.5 Å². The van der Waals surface area contributed by atoms with Gasteiger partial charge in [-0.15, -0.1) is 0 Å². The second-order valence-electron chi connectivity index (χ2n) is 4.68. The Hall–Kier alpha value is -1.51. The number of carboxylic acids is 1. The van der Waals surface area contributed by atoms with Gasteiger partial charge in [0.1, 0.15) is 5.75 Å². The van der Waals surface area contributed by atoms with Crippen LogP contribution < -0.4 is 4.74 Å². The SMILES string of the molecule is Cc1ccc(OC2CC2)c(CCCC(=O)O)c1. The highest BCUT2D eigenvalue weighted by molar-refractivity contribution is 5.66. The molecule has 0 spiro atoms. The van der Waals surface area contributed by atoms with E-state index in [9.17, 15) is 4.79 Å². The Balaban J connectivity index is 2.00. The summed E-state index contributed by atoms with van der Waals surface area (Å²) in [4.78, 5) is 10.5. The van der Waals surface area contributed by atoms with Crippen molar-refractivity contribution in [3.63, 3.8) is 0 Å². The summed E-state index contributed by atoms with van der Waals surface area (Å²) in [5.74, 6) is 0.200. The van der Waals surface area contributed by atoms with Gasteiger partial charge in [-0.1, -0.05) is 17.7 Å². The van der Waals surface area contributed by atoms with E-state index in [-0.39, 0.29) is 6.42 Å². The predicted molar refractivity (Wildman–Crippen MR) is 65.4 cm³/mol. The summed E-state index contributed by atoms with van der Waals surface area (Å²) < 4.78 is 5.82. The van der Waals surface area contributed by atoms with Crippen LogP contribution in [0.25, 0.3) is 0 Å². The van der Waals surface area contributed by atoms with Crippen molar-refractivity contribution in [2.45, 2.75) is 45.1 Å². The third-order valence-corrected chi connectivity index (χ3v) is 2.87. The van der Waals surface area contributed by atoms with Crippen LogP contribution >= 0.6 is 0 Å². The molecule has 0 aromatic heterocycles. The number of ether oxygens (including phenoxy) is 1. The van der Waals surface area contributed by atoms with Gasteiger partial charge >= 0.3 is 5.97 Å². The van der Waals surface area contributed by atoms with Crippen molar-refractivity contribution in [1.29, 1.82) is 0 Å². The molecule has 17 heavy (non-hydrogen) atoms. The van der Waals surface area contributed by atoms with Crippen LogP contribution in [-0.2, 0) is 11.2 Å². The van der Waals surface area contributed by atoms with Gasteiger partial charge in [0.25, 0.3) is 0 Å². The largest absolute Gasteiger partial charge is 0.490 e. The highest BCUT2D eigenvalue weighted by Crippen LogP contribution is 2.30. The van der Waals surface area contributed by atoms with Gasteiger partial charge in [-0.05, 0) is 44.2 Å². The number of hydrogen-bond donors (Lipinski definition) is 1. The smallest absolute Gasteiger partial charge is 0.303 e. The molecule has 1 aromatic carbocycles. The molecule has 0 unspecified atom stereocenters. The van der Waals surface area contributed by atoms with E-state index in [4.69, 9.17) is 9.84 Å². The van der Waals surface area contributed by atoms with E-state index in [1.165, 1.54) is 5.56 Å². The van der Waals surface area contributed by atoms with Crippen LogP contribution in [0.15, 0.2) is 18.2 Å². The minimum atomic E-state index is -0.734. The maximum Gasteiger partial charge on any atom is 0.303 e. The Labute approximate surface area is 101 Å². The molecule has 3 nitrogen and oxygen atoms in total. The fourth-order valence-electron chi connectivity index (χ4n) is 1.81. The van der Waals surface area contributed by atoms with Gasteiger partial charge < -0.3 is 9.84 Å². The van der Waals surface area contributed by atoms with E-state index in [0.29, 0.717) is 12.5 Å². The molecular weight excluding hydrogens is 216 g/mol. The molecule has 0 radical (unpaired) electrons. The molecule has 0 heterocycles.